The molecule has 4 aromatic carbocycles. The van der Waals surface area contributed by atoms with E-state index in [1.54, 1.807) is 61.5 Å². The monoisotopic (exact) mass is 806 g/mol. The van der Waals surface area contributed by atoms with Crippen LogP contribution in [0.2, 0.25) is 5.02 Å². The van der Waals surface area contributed by atoms with Crippen molar-refractivity contribution in [1.29, 1.82) is 0 Å². The van der Waals surface area contributed by atoms with Crippen molar-refractivity contribution in [2.45, 2.75) is 19.6 Å². The van der Waals surface area contributed by atoms with Crippen LogP contribution in [0.25, 0.3) is 11.8 Å². The first-order valence-corrected chi connectivity index (χ1v) is 17.3. The number of rotatable bonds is 10. The number of fused-ring (bicyclic) bond motifs is 1. The molecule has 0 spiro atoms. The van der Waals surface area contributed by atoms with Crippen LogP contribution in [0.15, 0.2) is 106 Å². The van der Waals surface area contributed by atoms with Gasteiger partial charge in [-0.1, -0.05) is 77.5 Å². The van der Waals surface area contributed by atoms with Gasteiger partial charge < -0.3 is 19.3 Å². The number of benzene rings is 4. The van der Waals surface area contributed by atoms with Gasteiger partial charge in [-0.2, -0.15) is 0 Å². The van der Waals surface area contributed by atoms with E-state index in [4.69, 9.17) is 30.8 Å². The number of carboxylic acid groups (broad SMARTS) is 1. The summed E-state index contributed by atoms with van der Waals surface area (Å²) >= 11 is 9.58. The van der Waals surface area contributed by atoms with Gasteiger partial charge in [0, 0.05) is 10.6 Å². The molecule has 5 aromatic rings. The molecule has 0 radical (unpaired) electrons. The van der Waals surface area contributed by atoms with E-state index in [0.717, 1.165) is 3.57 Å². The van der Waals surface area contributed by atoms with Crippen molar-refractivity contribution >= 4 is 69.2 Å². The molecular weight excluding hydrogens is 779 g/mol. The van der Waals surface area contributed by atoms with E-state index >= 15 is 0 Å². The zero-order valence-electron chi connectivity index (χ0n) is 26.2. The maximum absolute atomic E-state index is 14.3. The second-order valence-electron chi connectivity index (χ2n) is 10.8. The van der Waals surface area contributed by atoms with Gasteiger partial charge in [-0.15, -0.1) is 0 Å². The van der Waals surface area contributed by atoms with Crippen molar-refractivity contribution < 1.29 is 28.9 Å². The van der Waals surface area contributed by atoms with Gasteiger partial charge in [0.05, 0.1) is 44.7 Å². The Kier molecular flexibility index (Phi) is 10.3. The van der Waals surface area contributed by atoms with E-state index in [9.17, 15) is 19.5 Å². The lowest BCUT2D eigenvalue weighted by molar-refractivity contribution is -0.138. The minimum atomic E-state index is -1.02. The van der Waals surface area contributed by atoms with Crippen LogP contribution in [0.4, 0.5) is 0 Å². The van der Waals surface area contributed by atoms with E-state index in [1.165, 1.54) is 29.1 Å². The number of hydrogen-bond acceptors (Lipinski definition) is 8. The number of aromatic carboxylic acids is 1. The van der Waals surface area contributed by atoms with E-state index < -0.39 is 18.0 Å². The Morgan fingerprint density at radius 1 is 1.04 bits per heavy atom. The molecular formula is C37H28ClIN2O7S. The number of carbonyl (C=O) groups excluding carboxylic acids is 1. The van der Waals surface area contributed by atoms with Crippen LogP contribution in [0.3, 0.4) is 0 Å². The molecule has 1 aliphatic rings. The summed E-state index contributed by atoms with van der Waals surface area (Å²) in [5.74, 6) is -0.660. The van der Waals surface area contributed by atoms with Crippen LogP contribution in [0.1, 0.15) is 45.6 Å². The average molecular weight is 807 g/mol. The SMILES string of the molecule is CCOC(=O)C1=C(c2ccccc2)N=c2s/c(=C\c3cc(I)c(OCc4cccc(C(=O)O)c4)c(OC)c3)c(=O)n2[C@H]1c1ccc(Cl)cc1. The molecule has 0 unspecified atom stereocenters. The smallest absolute Gasteiger partial charge is 0.338 e. The number of methoxy groups -OCH3 is 1. The van der Waals surface area contributed by atoms with Gasteiger partial charge in [-0.25, -0.2) is 14.6 Å². The third-order valence-corrected chi connectivity index (χ3v) is 9.70. The molecule has 9 nitrogen and oxygen atoms in total. The van der Waals surface area contributed by atoms with E-state index in [-0.39, 0.29) is 29.9 Å². The third-order valence-electron chi connectivity index (χ3n) is 7.67. The predicted octanol–water partition coefficient (Wildman–Crippen LogP) is 6.48. The zero-order chi connectivity index (χ0) is 34.7. The Hall–Kier alpha value is -4.72. The fraction of sp³-hybridized carbons (Fsp3) is 0.135. The second-order valence-corrected chi connectivity index (χ2v) is 13.4. The van der Waals surface area contributed by atoms with E-state index in [2.05, 4.69) is 22.6 Å². The quantitative estimate of drug-likeness (QED) is 0.127. The highest BCUT2D eigenvalue weighted by atomic mass is 127. The molecule has 12 heteroatoms. The highest BCUT2D eigenvalue weighted by Crippen LogP contribution is 2.37. The van der Waals surface area contributed by atoms with Crippen molar-refractivity contribution in [2.24, 2.45) is 4.99 Å². The number of carboxylic acids is 1. The zero-order valence-corrected chi connectivity index (χ0v) is 29.9. The topological polar surface area (TPSA) is 116 Å². The summed E-state index contributed by atoms with van der Waals surface area (Å²) in [7, 11) is 1.52. The largest absolute Gasteiger partial charge is 0.493 e. The maximum atomic E-state index is 14.3. The number of carbonyl (C=O) groups is 2. The van der Waals surface area contributed by atoms with Crippen LogP contribution < -0.4 is 24.4 Å². The van der Waals surface area contributed by atoms with Gasteiger partial charge in [0.15, 0.2) is 16.3 Å². The van der Waals surface area contributed by atoms with Gasteiger partial charge in [0.2, 0.25) is 0 Å². The minimum Gasteiger partial charge on any atom is -0.493 e. The van der Waals surface area contributed by atoms with Crippen LogP contribution in [0, 0.1) is 3.57 Å². The Bertz CT molecular complexity index is 2280. The number of ether oxygens (including phenoxy) is 3. The molecule has 0 fully saturated rings. The molecule has 0 saturated heterocycles. The van der Waals surface area contributed by atoms with Crippen molar-refractivity contribution in [3.05, 3.63) is 153 Å². The summed E-state index contributed by atoms with van der Waals surface area (Å²) < 4.78 is 19.9. The molecule has 6 rings (SSSR count). The molecule has 1 N–H and O–H groups in total. The number of nitrogens with zero attached hydrogens (tertiary/aromatic N) is 2. The fourth-order valence-electron chi connectivity index (χ4n) is 5.47. The first-order valence-electron chi connectivity index (χ1n) is 15.0. The standard InChI is InChI=1S/C37H28ClIN2O7S/c1-3-47-36(45)30-31(23-9-5-4-6-10-23)40-37-41(32(30)24-12-14-26(38)15-13-24)34(42)29(49-37)19-22-17-27(39)33(28(18-22)46-2)48-20-21-8-7-11-25(16-21)35(43)44/h4-19,32H,3,20H2,1-2H3,(H,43,44)/b29-19-/t32-/m0/s1. The molecule has 0 saturated carbocycles. The lowest BCUT2D eigenvalue weighted by Gasteiger charge is -2.25. The number of hydrogen-bond donors (Lipinski definition) is 1. The van der Waals surface area contributed by atoms with Crippen LogP contribution in [-0.4, -0.2) is 35.3 Å². The molecule has 49 heavy (non-hydrogen) atoms. The lowest BCUT2D eigenvalue weighted by atomic mass is 9.93. The van der Waals surface area contributed by atoms with Crippen LogP contribution in [0.5, 0.6) is 11.5 Å². The maximum Gasteiger partial charge on any atom is 0.338 e. The van der Waals surface area contributed by atoms with Gasteiger partial charge in [0.1, 0.15) is 6.61 Å². The van der Waals surface area contributed by atoms with E-state index in [1.807, 2.05) is 36.4 Å². The van der Waals surface area contributed by atoms with Gasteiger partial charge >= 0.3 is 11.9 Å². The lowest BCUT2D eigenvalue weighted by Crippen LogP contribution is -2.40. The molecule has 2 heterocycles. The summed E-state index contributed by atoms with van der Waals surface area (Å²) in [5.41, 5.74) is 3.28. The van der Waals surface area contributed by atoms with Crippen molar-refractivity contribution in [1.82, 2.24) is 4.57 Å². The number of aromatic nitrogens is 1. The predicted molar refractivity (Wildman–Crippen MR) is 196 cm³/mol. The molecule has 1 aromatic heterocycles. The molecule has 0 aliphatic carbocycles. The molecule has 248 valence electrons. The summed E-state index contributed by atoms with van der Waals surface area (Å²) in [6, 6.07) is 25.7. The number of esters is 1. The third kappa shape index (κ3) is 7.19. The van der Waals surface area contributed by atoms with Crippen molar-refractivity contribution in [2.75, 3.05) is 13.7 Å². The Morgan fingerprint density at radius 2 is 1.80 bits per heavy atom. The average Bonchev–Trinajstić information content (AvgIpc) is 3.41. The Morgan fingerprint density at radius 3 is 2.49 bits per heavy atom. The van der Waals surface area contributed by atoms with E-state index in [0.29, 0.717) is 53.8 Å². The highest BCUT2D eigenvalue weighted by molar-refractivity contribution is 14.1. The molecule has 1 aliphatic heterocycles. The van der Waals surface area contributed by atoms with Crippen LogP contribution in [-0.2, 0) is 16.1 Å². The minimum absolute atomic E-state index is 0.128. The molecule has 0 amide bonds. The summed E-state index contributed by atoms with van der Waals surface area (Å²) in [5, 5.41) is 9.85. The van der Waals surface area contributed by atoms with Crippen molar-refractivity contribution in [3.63, 3.8) is 0 Å². The Labute approximate surface area is 303 Å². The first-order chi connectivity index (χ1) is 23.7. The number of thiazole rings is 1. The second kappa shape index (κ2) is 14.8. The van der Waals surface area contributed by atoms with Gasteiger partial charge in [-0.3, -0.25) is 9.36 Å². The fourth-order valence-corrected chi connectivity index (χ4v) is 7.37. The Balaban J connectivity index is 1.46. The summed E-state index contributed by atoms with van der Waals surface area (Å²) in [6.07, 6.45) is 1.75. The van der Waals surface area contributed by atoms with Gasteiger partial charge in [0.25, 0.3) is 5.56 Å². The summed E-state index contributed by atoms with van der Waals surface area (Å²) in [4.78, 5) is 44.6. The van der Waals surface area contributed by atoms with Crippen LogP contribution >= 0.6 is 45.5 Å². The molecule has 1 atom stereocenters. The van der Waals surface area contributed by atoms with Gasteiger partial charge in [-0.05, 0) is 88.7 Å². The number of halogens is 2. The van der Waals surface area contributed by atoms with Crippen molar-refractivity contribution in [3.8, 4) is 11.5 Å². The first kappa shape index (κ1) is 34.2. The summed E-state index contributed by atoms with van der Waals surface area (Å²) in [6.45, 7) is 2.01. The normalized spacial score (nSPS) is 14.2. The molecule has 0 bridgehead atoms. The highest BCUT2D eigenvalue weighted by Gasteiger charge is 2.35.